The molecule has 0 radical (unpaired) electrons. The van der Waals surface area contributed by atoms with Gasteiger partial charge < -0.3 is 15.0 Å². The van der Waals surface area contributed by atoms with Gasteiger partial charge in [0, 0.05) is 11.8 Å². The summed E-state index contributed by atoms with van der Waals surface area (Å²) in [6.45, 7) is 0.945. The molecular formula is C14H19N3OS. The smallest absolute Gasteiger partial charge is 0.201 e. The average molecular weight is 277 g/mol. The second-order valence-corrected chi connectivity index (χ2v) is 6.31. The maximum absolute atomic E-state index is 6.08. The van der Waals surface area contributed by atoms with Crippen molar-refractivity contribution in [2.45, 2.75) is 31.1 Å². The molecule has 1 atom stereocenters. The molecule has 1 fully saturated rings. The number of anilines is 1. The van der Waals surface area contributed by atoms with Gasteiger partial charge in [0.2, 0.25) is 5.95 Å². The van der Waals surface area contributed by atoms with Crippen LogP contribution in [0.15, 0.2) is 18.2 Å². The Bertz CT molecular complexity index is 575. The summed E-state index contributed by atoms with van der Waals surface area (Å²) >= 11 is 2.05. The number of methoxy groups -OCH3 is 1. The van der Waals surface area contributed by atoms with Crippen LogP contribution in [-0.4, -0.2) is 27.7 Å². The molecule has 4 nitrogen and oxygen atoms in total. The predicted molar refractivity (Wildman–Crippen MR) is 80.8 cm³/mol. The second kappa shape index (κ2) is 5.33. The summed E-state index contributed by atoms with van der Waals surface area (Å²) < 4.78 is 7.48. The first-order valence-corrected chi connectivity index (χ1v) is 7.75. The maximum Gasteiger partial charge on any atom is 0.201 e. The Morgan fingerprint density at radius 3 is 3.11 bits per heavy atom. The van der Waals surface area contributed by atoms with Crippen molar-refractivity contribution in [3.63, 3.8) is 0 Å². The quantitative estimate of drug-likeness (QED) is 0.937. The van der Waals surface area contributed by atoms with E-state index < -0.39 is 0 Å². The minimum Gasteiger partial charge on any atom is -0.494 e. The highest BCUT2D eigenvalue weighted by Gasteiger charge is 2.18. The number of nitrogen functional groups attached to an aromatic ring is 1. The highest BCUT2D eigenvalue weighted by Crippen LogP contribution is 2.31. The number of benzene rings is 1. The molecule has 2 aromatic rings. The van der Waals surface area contributed by atoms with E-state index in [1.165, 1.54) is 25.0 Å². The van der Waals surface area contributed by atoms with Gasteiger partial charge in [-0.1, -0.05) is 12.5 Å². The Balaban J connectivity index is 1.96. The van der Waals surface area contributed by atoms with Gasteiger partial charge in [-0.25, -0.2) is 4.98 Å². The molecule has 2 N–H and O–H groups in total. The van der Waals surface area contributed by atoms with Crippen molar-refractivity contribution in [3.8, 4) is 5.75 Å². The average Bonchev–Trinajstić information content (AvgIpc) is 2.76. The van der Waals surface area contributed by atoms with Gasteiger partial charge in [-0.15, -0.1) is 0 Å². The molecule has 3 rings (SSSR count). The van der Waals surface area contributed by atoms with Crippen LogP contribution >= 0.6 is 11.8 Å². The Labute approximate surface area is 117 Å². The summed E-state index contributed by atoms with van der Waals surface area (Å²) in [5.41, 5.74) is 8.02. The molecule has 0 bridgehead atoms. The van der Waals surface area contributed by atoms with E-state index in [-0.39, 0.29) is 0 Å². The van der Waals surface area contributed by atoms with E-state index in [1.807, 2.05) is 12.1 Å². The molecule has 102 valence electrons. The van der Waals surface area contributed by atoms with Gasteiger partial charge in [0.25, 0.3) is 0 Å². The van der Waals surface area contributed by atoms with Crippen molar-refractivity contribution in [2.24, 2.45) is 0 Å². The third-order valence-electron chi connectivity index (χ3n) is 3.65. The summed E-state index contributed by atoms with van der Waals surface area (Å²) in [5.74, 6) is 2.64. The maximum atomic E-state index is 6.08. The zero-order valence-corrected chi connectivity index (χ0v) is 11.9. The fourth-order valence-corrected chi connectivity index (χ4v) is 3.94. The van der Waals surface area contributed by atoms with Gasteiger partial charge in [0.15, 0.2) is 0 Å². The van der Waals surface area contributed by atoms with Gasteiger partial charge in [0.05, 0.1) is 12.6 Å². The standard InChI is InChI=1S/C14H19N3OS/c1-18-12-7-4-6-11-13(12)16-14(15)17(11)9-10-5-2-3-8-19-10/h4,6-7,10H,2-3,5,8-9H2,1H3,(H2,15,16). The zero-order valence-electron chi connectivity index (χ0n) is 11.1. The number of fused-ring (bicyclic) bond motifs is 1. The Hall–Kier alpha value is -1.36. The highest BCUT2D eigenvalue weighted by atomic mass is 32.2. The first kappa shape index (κ1) is 12.7. The number of aromatic nitrogens is 2. The Morgan fingerprint density at radius 1 is 1.47 bits per heavy atom. The first-order chi connectivity index (χ1) is 9.29. The summed E-state index contributed by atoms with van der Waals surface area (Å²) in [6.07, 6.45) is 3.94. The lowest BCUT2D eigenvalue weighted by atomic mass is 10.2. The topological polar surface area (TPSA) is 53.1 Å². The van der Waals surface area contributed by atoms with Gasteiger partial charge in [0.1, 0.15) is 11.3 Å². The van der Waals surface area contributed by atoms with E-state index in [0.29, 0.717) is 11.2 Å². The van der Waals surface area contributed by atoms with Crippen molar-refractivity contribution in [2.75, 3.05) is 18.6 Å². The molecule has 0 aliphatic carbocycles. The molecule has 5 heteroatoms. The zero-order chi connectivity index (χ0) is 13.2. The monoisotopic (exact) mass is 277 g/mol. The summed E-state index contributed by atoms with van der Waals surface area (Å²) in [4.78, 5) is 4.46. The molecule has 1 saturated heterocycles. The number of para-hydroxylation sites is 1. The highest BCUT2D eigenvalue weighted by molar-refractivity contribution is 7.99. The van der Waals surface area contributed by atoms with Crippen LogP contribution in [0.3, 0.4) is 0 Å². The van der Waals surface area contributed by atoms with E-state index in [1.54, 1.807) is 7.11 Å². The number of nitrogens with zero attached hydrogens (tertiary/aromatic N) is 2. The third-order valence-corrected chi connectivity index (χ3v) is 5.03. The molecule has 0 amide bonds. The SMILES string of the molecule is COc1cccc2c1nc(N)n2CC1CCCCS1. The molecule has 0 saturated carbocycles. The molecule has 0 spiro atoms. The third kappa shape index (κ3) is 2.39. The van der Waals surface area contributed by atoms with Crippen molar-refractivity contribution >= 4 is 28.7 Å². The van der Waals surface area contributed by atoms with E-state index in [0.717, 1.165) is 23.3 Å². The van der Waals surface area contributed by atoms with Crippen molar-refractivity contribution in [1.29, 1.82) is 0 Å². The first-order valence-electron chi connectivity index (χ1n) is 6.70. The van der Waals surface area contributed by atoms with E-state index in [9.17, 15) is 0 Å². The number of imidazole rings is 1. The number of rotatable bonds is 3. The van der Waals surface area contributed by atoms with E-state index in [4.69, 9.17) is 10.5 Å². The summed E-state index contributed by atoms with van der Waals surface area (Å²) in [6, 6.07) is 5.98. The van der Waals surface area contributed by atoms with Crippen LogP contribution in [0.25, 0.3) is 11.0 Å². The fourth-order valence-electron chi connectivity index (χ4n) is 2.65. The van der Waals surface area contributed by atoms with Gasteiger partial charge in [-0.3, -0.25) is 0 Å². The van der Waals surface area contributed by atoms with Crippen LogP contribution < -0.4 is 10.5 Å². The Morgan fingerprint density at radius 2 is 2.37 bits per heavy atom. The van der Waals surface area contributed by atoms with Gasteiger partial charge in [-0.05, 0) is 30.7 Å². The lowest BCUT2D eigenvalue weighted by molar-refractivity contribution is 0.419. The molecule has 1 aliphatic rings. The normalized spacial score (nSPS) is 19.7. The van der Waals surface area contributed by atoms with Crippen LogP contribution in [0.5, 0.6) is 5.75 Å². The molecule has 2 heterocycles. The van der Waals surface area contributed by atoms with Crippen LogP contribution in [-0.2, 0) is 6.54 Å². The lowest BCUT2D eigenvalue weighted by Gasteiger charge is -2.22. The number of nitrogens with two attached hydrogens (primary N) is 1. The number of hydrogen-bond acceptors (Lipinski definition) is 4. The Kier molecular flexibility index (Phi) is 3.55. The lowest BCUT2D eigenvalue weighted by Crippen LogP contribution is -2.18. The largest absolute Gasteiger partial charge is 0.494 e. The minimum atomic E-state index is 0.589. The molecule has 1 unspecified atom stereocenters. The van der Waals surface area contributed by atoms with Crippen LogP contribution in [0.2, 0.25) is 0 Å². The molecule has 1 aromatic heterocycles. The van der Waals surface area contributed by atoms with Crippen LogP contribution in [0, 0.1) is 0 Å². The van der Waals surface area contributed by atoms with Gasteiger partial charge in [-0.2, -0.15) is 11.8 Å². The number of thioether (sulfide) groups is 1. The molecular weight excluding hydrogens is 258 g/mol. The summed E-state index contributed by atoms with van der Waals surface area (Å²) in [7, 11) is 1.67. The van der Waals surface area contributed by atoms with Gasteiger partial charge >= 0.3 is 0 Å². The fraction of sp³-hybridized carbons (Fsp3) is 0.500. The molecule has 1 aliphatic heterocycles. The van der Waals surface area contributed by atoms with Crippen molar-refractivity contribution in [1.82, 2.24) is 9.55 Å². The summed E-state index contributed by atoms with van der Waals surface area (Å²) in [5, 5.41) is 0.652. The van der Waals surface area contributed by atoms with Crippen molar-refractivity contribution in [3.05, 3.63) is 18.2 Å². The van der Waals surface area contributed by atoms with Crippen LogP contribution in [0.4, 0.5) is 5.95 Å². The molecule has 19 heavy (non-hydrogen) atoms. The predicted octanol–water partition coefficient (Wildman–Crippen LogP) is 2.91. The van der Waals surface area contributed by atoms with E-state index in [2.05, 4.69) is 27.4 Å². The number of hydrogen-bond donors (Lipinski definition) is 1. The minimum absolute atomic E-state index is 0.589. The van der Waals surface area contributed by atoms with E-state index >= 15 is 0 Å². The van der Waals surface area contributed by atoms with Crippen LogP contribution in [0.1, 0.15) is 19.3 Å². The number of ether oxygens (including phenoxy) is 1. The second-order valence-electron chi connectivity index (χ2n) is 4.90. The molecule has 1 aromatic carbocycles. The van der Waals surface area contributed by atoms with Crippen molar-refractivity contribution < 1.29 is 4.74 Å².